The second-order valence-electron chi connectivity index (χ2n) is 5.38. The van der Waals surface area contributed by atoms with Crippen molar-refractivity contribution in [3.05, 3.63) is 35.4 Å². The second-order valence-corrected chi connectivity index (χ2v) is 7.57. The van der Waals surface area contributed by atoms with Gasteiger partial charge in [0.25, 0.3) is 0 Å². The average molecular weight is 284 g/mol. The highest BCUT2D eigenvalue weighted by atomic mass is 32.2. The molecular weight excluding hydrogens is 260 g/mol. The SMILES string of the molecule is CC(CS(C)(=O)=O)NCc1ccccc1CN(C)C. The largest absolute Gasteiger partial charge is 0.309 e. The Labute approximate surface area is 116 Å². The smallest absolute Gasteiger partial charge is 0.148 e. The van der Waals surface area contributed by atoms with E-state index in [-0.39, 0.29) is 11.8 Å². The molecule has 1 aromatic rings. The fourth-order valence-electron chi connectivity index (χ4n) is 2.02. The van der Waals surface area contributed by atoms with Crippen molar-refractivity contribution in [1.82, 2.24) is 10.2 Å². The number of nitrogens with zero attached hydrogens (tertiary/aromatic N) is 1. The van der Waals surface area contributed by atoms with Gasteiger partial charge in [0.15, 0.2) is 0 Å². The lowest BCUT2D eigenvalue weighted by atomic mass is 10.1. The van der Waals surface area contributed by atoms with E-state index in [1.165, 1.54) is 17.4 Å². The van der Waals surface area contributed by atoms with E-state index >= 15 is 0 Å². The maximum atomic E-state index is 11.2. The van der Waals surface area contributed by atoms with Gasteiger partial charge in [-0.2, -0.15) is 0 Å². The number of hydrogen-bond acceptors (Lipinski definition) is 4. The van der Waals surface area contributed by atoms with E-state index in [9.17, 15) is 8.42 Å². The zero-order valence-corrected chi connectivity index (χ0v) is 13.0. The lowest BCUT2D eigenvalue weighted by Gasteiger charge is -2.17. The van der Waals surface area contributed by atoms with Gasteiger partial charge < -0.3 is 10.2 Å². The topological polar surface area (TPSA) is 49.4 Å². The van der Waals surface area contributed by atoms with Gasteiger partial charge in [-0.05, 0) is 32.1 Å². The van der Waals surface area contributed by atoms with Gasteiger partial charge in [0, 0.05) is 25.4 Å². The zero-order valence-electron chi connectivity index (χ0n) is 12.2. The van der Waals surface area contributed by atoms with Gasteiger partial charge in [-0.3, -0.25) is 0 Å². The van der Waals surface area contributed by atoms with Crippen LogP contribution in [0.5, 0.6) is 0 Å². The predicted octanol–water partition coefficient (Wildman–Crippen LogP) is 1.27. The van der Waals surface area contributed by atoms with E-state index in [1.54, 1.807) is 0 Å². The normalized spacial score (nSPS) is 13.7. The summed E-state index contributed by atoms with van der Waals surface area (Å²) in [5, 5.41) is 3.27. The molecular formula is C14H24N2O2S. The molecule has 0 aliphatic carbocycles. The van der Waals surface area contributed by atoms with Crippen LogP contribution < -0.4 is 5.32 Å². The van der Waals surface area contributed by atoms with Gasteiger partial charge >= 0.3 is 0 Å². The minimum atomic E-state index is -2.93. The highest BCUT2D eigenvalue weighted by Gasteiger charge is 2.10. The van der Waals surface area contributed by atoms with Crippen LogP contribution in [0.4, 0.5) is 0 Å². The first-order valence-corrected chi connectivity index (χ1v) is 8.46. The maximum Gasteiger partial charge on any atom is 0.148 e. The Morgan fingerprint density at radius 2 is 1.79 bits per heavy atom. The molecule has 19 heavy (non-hydrogen) atoms. The summed E-state index contributed by atoms with van der Waals surface area (Å²) in [6, 6.07) is 8.19. The minimum Gasteiger partial charge on any atom is -0.309 e. The Hall–Kier alpha value is -0.910. The summed E-state index contributed by atoms with van der Waals surface area (Å²) in [4.78, 5) is 2.12. The molecule has 0 aliphatic heterocycles. The highest BCUT2D eigenvalue weighted by molar-refractivity contribution is 7.90. The van der Waals surface area contributed by atoms with Crippen molar-refractivity contribution >= 4 is 9.84 Å². The molecule has 1 rings (SSSR count). The lowest BCUT2D eigenvalue weighted by Crippen LogP contribution is -2.32. The standard InChI is InChI=1S/C14H24N2O2S/c1-12(11-19(4,17)18)15-9-13-7-5-6-8-14(13)10-16(2)3/h5-8,12,15H,9-11H2,1-4H3. The third-order valence-corrected chi connectivity index (χ3v) is 3.90. The number of hydrogen-bond donors (Lipinski definition) is 1. The van der Waals surface area contributed by atoms with Crippen LogP contribution in [0.3, 0.4) is 0 Å². The minimum absolute atomic E-state index is 0.0394. The molecule has 0 aromatic heterocycles. The molecule has 0 amide bonds. The second kappa shape index (κ2) is 7.03. The molecule has 5 heteroatoms. The molecule has 0 fully saturated rings. The molecule has 1 atom stereocenters. The Kier molecular flexibility index (Phi) is 5.97. The molecule has 0 bridgehead atoms. The molecule has 0 radical (unpaired) electrons. The Morgan fingerprint density at radius 3 is 2.32 bits per heavy atom. The van der Waals surface area contributed by atoms with E-state index in [0.29, 0.717) is 6.54 Å². The summed E-state index contributed by atoms with van der Waals surface area (Å²) in [6.45, 7) is 3.48. The fourth-order valence-corrected chi connectivity index (χ4v) is 3.05. The fraction of sp³-hybridized carbons (Fsp3) is 0.571. The van der Waals surface area contributed by atoms with Gasteiger partial charge in [0.2, 0.25) is 0 Å². The molecule has 0 aliphatic rings. The summed E-state index contributed by atoms with van der Waals surface area (Å²) in [7, 11) is 1.15. The number of sulfone groups is 1. The van der Waals surface area contributed by atoms with E-state index in [1.807, 2.05) is 33.2 Å². The molecule has 1 aromatic carbocycles. The van der Waals surface area contributed by atoms with Gasteiger partial charge in [0.1, 0.15) is 9.84 Å². The van der Waals surface area contributed by atoms with Gasteiger partial charge in [-0.25, -0.2) is 8.42 Å². The first kappa shape index (κ1) is 16.1. The zero-order chi connectivity index (χ0) is 14.5. The Bertz CT molecular complexity index is 498. The molecule has 0 saturated carbocycles. The van der Waals surface area contributed by atoms with Crippen LogP contribution in [-0.4, -0.2) is 45.5 Å². The first-order chi connectivity index (χ1) is 8.78. The van der Waals surface area contributed by atoms with Gasteiger partial charge in [-0.1, -0.05) is 24.3 Å². The highest BCUT2D eigenvalue weighted by Crippen LogP contribution is 2.10. The van der Waals surface area contributed by atoms with E-state index in [2.05, 4.69) is 22.3 Å². The average Bonchev–Trinajstić information content (AvgIpc) is 2.24. The van der Waals surface area contributed by atoms with Crippen LogP contribution in [0.25, 0.3) is 0 Å². The van der Waals surface area contributed by atoms with Crippen molar-refractivity contribution in [1.29, 1.82) is 0 Å². The quantitative estimate of drug-likeness (QED) is 0.819. The summed E-state index contributed by atoms with van der Waals surface area (Å²) in [5.74, 6) is 0.169. The molecule has 0 heterocycles. The molecule has 108 valence electrons. The van der Waals surface area contributed by atoms with Gasteiger partial charge in [-0.15, -0.1) is 0 Å². The van der Waals surface area contributed by atoms with Crippen LogP contribution in [0.2, 0.25) is 0 Å². The van der Waals surface area contributed by atoms with E-state index < -0.39 is 9.84 Å². The van der Waals surface area contributed by atoms with Crippen LogP contribution in [0.1, 0.15) is 18.1 Å². The third-order valence-electron chi connectivity index (χ3n) is 2.80. The van der Waals surface area contributed by atoms with Crippen LogP contribution in [0, 0.1) is 0 Å². The van der Waals surface area contributed by atoms with Crippen molar-refractivity contribution in [3.8, 4) is 0 Å². The van der Waals surface area contributed by atoms with Crippen molar-refractivity contribution in [3.63, 3.8) is 0 Å². The monoisotopic (exact) mass is 284 g/mol. The van der Waals surface area contributed by atoms with Crippen molar-refractivity contribution < 1.29 is 8.42 Å². The van der Waals surface area contributed by atoms with Crippen molar-refractivity contribution in [2.45, 2.75) is 26.1 Å². The molecule has 0 spiro atoms. The molecule has 1 N–H and O–H groups in total. The molecule has 4 nitrogen and oxygen atoms in total. The summed E-state index contributed by atoms with van der Waals surface area (Å²) in [5.41, 5.74) is 2.49. The predicted molar refractivity (Wildman–Crippen MR) is 79.8 cm³/mol. The van der Waals surface area contributed by atoms with Crippen molar-refractivity contribution in [2.75, 3.05) is 26.1 Å². The number of nitrogens with one attached hydrogen (secondary N) is 1. The Balaban J connectivity index is 2.62. The third kappa shape index (κ3) is 6.71. The summed E-state index contributed by atoms with van der Waals surface area (Å²) in [6.07, 6.45) is 1.27. The first-order valence-electron chi connectivity index (χ1n) is 6.40. The summed E-state index contributed by atoms with van der Waals surface area (Å²) < 4.78 is 22.4. The van der Waals surface area contributed by atoms with Gasteiger partial charge in [0.05, 0.1) is 5.75 Å². The molecule has 0 saturated heterocycles. The van der Waals surface area contributed by atoms with Crippen LogP contribution >= 0.6 is 0 Å². The lowest BCUT2D eigenvalue weighted by molar-refractivity contribution is 0.400. The van der Waals surface area contributed by atoms with E-state index in [4.69, 9.17) is 0 Å². The molecule has 1 unspecified atom stereocenters. The number of rotatable bonds is 7. The van der Waals surface area contributed by atoms with Crippen molar-refractivity contribution in [2.24, 2.45) is 0 Å². The van der Waals surface area contributed by atoms with Crippen LogP contribution in [0.15, 0.2) is 24.3 Å². The Morgan fingerprint density at radius 1 is 1.21 bits per heavy atom. The van der Waals surface area contributed by atoms with E-state index in [0.717, 1.165) is 6.54 Å². The van der Waals surface area contributed by atoms with Crippen LogP contribution in [-0.2, 0) is 22.9 Å². The maximum absolute atomic E-state index is 11.2. The number of benzene rings is 1. The summed E-state index contributed by atoms with van der Waals surface area (Å²) >= 11 is 0.